The molecule has 0 spiro atoms. The minimum Gasteiger partial charge on any atom is -0.808 e. The van der Waals surface area contributed by atoms with Gasteiger partial charge in [-0.3, -0.25) is 0 Å². The van der Waals surface area contributed by atoms with Crippen LogP contribution in [0.1, 0.15) is 6.42 Å². The topological polar surface area (TPSA) is 170 Å². The summed E-state index contributed by atoms with van der Waals surface area (Å²) in [5.74, 6) is 0. The van der Waals surface area contributed by atoms with Crippen LogP contribution in [0.4, 0.5) is 0 Å². The SMILES string of the molecule is N#CCC(O)(P(=O)([O-])[O-])P(=O)([O-])[O-].[K+].[K+]. The number of aliphatic hydroxyl groups is 1. The second-order valence-electron chi connectivity index (χ2n) is 2.10. The maximum Gasteiger partial charge on any atom is 1.00 e. The Labute approximate surface area is 171 Å². The molecule has 0 rings (SSSR count). The molecule has 0 heterocycles. The van der Waals surface area contributed by atoms with Crippen molar-refractivity contribution in [2.45, 2.75) is 11.5 Å². The van der Waals surface area contributed by atoms with Crippen molar-refractivity contribution in [3.05, 3.63) is 0 Å². The first-order valence-corrected chi connectivity index (χ1v) is 5.78. The number of nitrogens with zero attached hydrogens (tertiary/aromatic N) is 1. The summed E-state index contributed by atoms with van der Waals surface area (Å²) in [6, 6.07) is 0.927. The molecule has 0 amide bonds. The molecule has 0 aliphatic heterocycles. The third kappa shape index (κ3) is 6.14. The van der Waals surface area contributed by atoms with Gasteiger partial charge in [0.15, 0.2) is 0 Å². The Morgan fingerprint density at radius 3 is 1.47 bits per heavy atom. The zero-order chi connectivity index (χ0) is 10.9. The average Bonchev–Trinajstić information content (AvgIpc) is 1.82. The van der Waals surface area contributed by atoms with Crippen LogP contribution in [-0.2, 0) is 9.13 Å². The van der Waals surface area contributed by atoms with Crippen molar-refractivity contribution in [3.63, 3.8) is 0 Å². The van der Waals surface area contributed by atoms with E-state index in [2.05, 4.69) is 0 Å². The molecule has 0 saturated carbocycles. The van der Waals surface area contributed by atoms with Gasteiger partial charge in [-0.15, -0.1) is 0 Å². The Morgan fingerprint density at radius 2 is 1.40 bits per heavy atom. The molecule has 76 valence electrons. The number of hydrogen-bond donors (Lipinski definition) is 1. The van der Waals surface area contributed by atoms with E-state index < -0.39 is 26.7 Å². The molecule has 0 unspecified atom stereocenters. The monoisotopic (exact) mass is 305 g/mol. The standard InChI is InChI=1S/C3H7NO7P2.2K/c4-2-1-3(5,12(6,7)8)13(9,10)11;;/h5H,1H2,(H2,6,7,8)(H2,9,10,11);;/q;2*+1/p-4. The summed E-state index contributed by atoms with van der Waals surface area (Å²) in [5.41, 5.74) is 0. The summed E-state index contributed by atoms with van der Waals surface area (Å²) in [6.45, 7) is 0. The molecule has 1 N–H and O–H groups in total. The molecule has 0 aromatic rings. The van der Waals surface area contributed by atoms with Gasteiger partial charge in [0.05, 0.1) is 12.5 Å². The Bertz CT molecular complexity index is 306. The predicted octanol–water partition coefficient (Wildman–Crippen LogP) is -9.62. The Morgan fingerprint density at radius 1 is 1.13 bits per heavy atom. The molecule has 0 saturated heterocycles. The Kier molecular flexibility index (Phi) is 12.7. The fourth-order valence-electron chi connectivity index (χ4n) is 0.450. The quantitative estimate of drug-likeness (QED) is 0.395. The molecule has 12 heteroatoms. The third-order valence-corrected chi connectivity index (χ3v) is 4.73. The van der Waals surface area contributed by atoms with E-state index in [1.165, 1.54) is 0 Å². The van der Waals surface area contributed by atoms with Crippen LogP contribution in [0.3, 0.4) is 0 Å². The van der Waals surface area contributed by atoms with Crippen molar-refractivity contribution < 1.29 is 137 Å². The van der Waals surface area contributed by atoms with Crippen LogP contribution in [0.15, 0.2) is 0 Å². The molecule has 0 fully saturated rings. The molecule has 0 atom stereocenters. The number of nitriles is 1. The molecule has 15 heavy (non-hydrogen) atoms. The number of hydrogen-bond acceptors (Lipinski definition) is 8. The molecule has 0 radical (unpaired) electrons. The van der Waals surface area contributed by atoms with Crippen LogP contribution in [0.5, 0.6) is 0 Å². The van der Waals surface area contributed by atoms with E-state index in [1.54, 1.807) is 0 Å². The smallest absolute Gasteiger partial charge is 0.808 e. The molecule has 0 aliphatic carbocycles. The van der Waals surface area contributed by atoms with Gasteiger partial charge in [-0.25, -0.2) is 0 Å². The summed E-state index contributed by atoms with van der Waals surface area (Å²) >= 11 is 0. The average molecular weight is 305 g/mol. The van der Waals surface area contributed by atoms with E-state index in [4.69, 9.17) is 10.4 Å². The molecule has 0 aliphatic rings. The fraction of sp³-hybridized carbons (Fsp3) is 0.667. The molecule has 0 bridgehead atoms. The molecular formula is C3H3K2NO7P2-2. The minimum atomic E-state index is -6.08. The number of rotatable bonds is 3. The van der Waals surface area contributed by atoms with E-state index in [-0.39, 0.29) is 103 Å². The van der Waals surface area contributed by atoms with Gasteiger partial charge in [0.1, 0.15) is 5.08 Å². The predicted molar refractivity (Wildman–Crippen MR) is 30.4 cm³/mol. The summed E-state index contributed by atoms with van der Waals surface area (Å²) < 4.78 is 20.4. The van der Waals surface area contributed by atoms with Crippen LogP contribution >= 0.6 is 15.2 Å². The maximum absolute atomic E-state index is 10.2. The summed E-state index contributed by atoms with van der Waals surface area (Å²) in [7, 11) is -12.2. The van der Waals surface area contributed by atoms with Gasteiger partial charge in [0.2, 0.25) is 0 Å². The van der Waals surface area contributed by atoms with Crippen LogP contribution in [0.25, 0.3) is 0 Å². The largest absolute Gasteiger partial charge is 1.00 e. The van der Waals surface area contributed by atoms with E-state index in [0.29, 0.717) is 0 Å². The third-order valence-electron chi connectivity index (χ3n) is 1.19. The van der Waals surface area contributed by atoms with Crippen molar-refractivity contribution in [2.75, 3.05) is 0 Å². The van der Waals surface area contributed by atoms with Crippen LogP contribution in [0, 0.1) is 11.3 Å². The maximum atomic E-state index is 10.2. The van der Waals surface area contributed by atoms with Crippen molar-refractivity contribution in [1.82, 2.24) is 0 Å². The van der Waals surface area contributed by atoms with E-state index in [0.717, 1.165) is 6.07 Å². The van der Waals surface area contributed by atoms with Crippen LogP contribution in [-0.4, -0.2) is 10.2 Å². The Balaban J connectivity index is -0.000000720. The summed E-state index contributed by atoms with van der Waals surface area (Å²) in [5, 5.41) is 12.6. The second-order valence-corrected chi connectivity index (χ2v) is 5.93. The molecule has 0 aromatic carbocycles. The second kappa shape index (κ2) is 8.24. The first-order valence-electron chi connectivity index (χ1n) is 2.70. The molecule has 8 nitrogen and oxygen atoms in total. The van der Waals surface area contributed by atoms with Crippen LogP contribution in [0.2, 0.25) is 0 Å². The van der Waals surface area contributed by atoms with Crippen molar-refractivity contribution >= 4 is 15.2 Å². The fourth-order valence-corrected chi connectivity index (χ4v) is 2.18. The molecule has 0 aromatic heterocycles. The zero-order valence-corrected chi connectivity index (χ0v) is 16.0. The Hall–Kier alpha value is 3.02. The first kappa shape index (κ1) is 23.1. The normalized spacial score (nSPS) is 12.0. The van der Waals surface area contributed by atoms with Gasteiger partial charge in [-0.1, -0.05) is 0 Å². The van der Waals surface area contributed by atoms with Crippen molar-refractivity contribution in [2.24, 2.45) is 0 Å². The van der Waals surface area contributed by atoms with Crippen LogP contribution < -0.4 is 122 Å². The van der Waals surface area contributed by atoms with Gasteiger partial charge in [0, 0.05) is 0 Å². The van der Waals surface area contributed by atoms with Gasteiger partial charge in [-0.05, 0) is 15.2 Å². The van der Waals surface area contributed by atoms with E-state index >= 15 is 0 Å². The first-order chi connectivity index (χ1) is 5.56. The van der Waals surface area contributed by atoms with Gasteiger partial charge in [0.25, 0.3) is 0 Å². The van der Waals surface area contributed by atoms with Gasteiger partial charge in [-0.2, -0.15) is 5.26 Å². The van der Waals surface area contributed by atoms with Crippen molar-refractivity contribution in [1.29, 1.82) is 5.26 Å². The van der Waals surface area contributed by atoms with Crippen molar-refractivity contribution in [3.8, 4) is 6.07 Å². The van der Waals surface area contributed by atoms with E-state index in [1.807, 2.05) is 0 Å². The zero-order valence-electron chi connectivity index (χ0n) is 7.95. The van der Waals surface area contributed by atoms with E-state index in [9.17, 15) is 28.7 Å². The minimum absolute atomic E-state index is 0. The van der Waals surface area contributed by atoms with Gasteiger partial charge < -0.3 is 33.8 Å². The summed E-state index contributed by atoms with van der Waals surface area (Å²) in [6.07, 6.45) is -1.60. The summed E-state index contributed by atoms with van der Waals surface area (Å²) in [4.78, 5) is 40.8. The van der Waals surface area contributed by atoms with Gasteiger partial charge >= 0.3 is 103 Å². The molecular weight excluding hydrogens is 302 g/mol.